The summed E-state index contributed by atoms with van der Waals surface area (Å²) < 4.78 is 10.5. The van der Waals surface area contributed by atoms with Gasteiger partial charge in [-0.05, 0) is 23.8 Å². The summed E-state index contributed by atoms with van der Waals surface area (Å²) in [6, 6.07) is 5.94. The third-order valence-corrected chi connectivity index (χ3v) is 4.11. The van der Waals surface area contributed by atoms with Crippen molar-refractivity contribution in [3.8, 4) is 11.5 Å². The highest BCUT2D eigenvalue weighted by Gasteiger charge is 2.24. The summed E-state index contributed by atoms with van der Waals surface area (Å²) in [4.78, 5) is 23.9. The largest absolute Gasteiger partial charge is 0.493 e. The van der Waals surface area contributed by atoms with E-state index < -0.39 is 17.9 Å². The zero-order valence-corrected chi connectivity index (χ0v) is 16.1. The molecule has 0 saturated carbocycles. The van der Waals surface area contributed by atoms with Crippen LogP contribution >= 0.6 is 0 Å². The molecular weight excluding hydrogens is 350 g/mol. The van der Waals surface area contributed by atoms with Gasteiger partial charge in [0.1, 0.15) is 5.69 Å². The molecule has 2 aromatic rings. The van der Waals surface area contributed by atoms with E-state index in [0.717, 1.165) is 5.69 Å². The van der Waals surface area contributed by atoms with Crippen LogP contribution < -0.4 is 14.8 Å². The number of nitrogens with zero attached hydrogens (tertiary/aromatic N) is 1. The maximum atomic E-state index is 12.6. The number of carboxylic acid groups (broad SMARTS) is 1. The average molecular weight is 375 g/mol. The first-order chi connectivity index (χ1) is 12.7. The van der Waals surface area contributed by atoms with E-state index in [1.807, 2.05) is 20.8 Å². The molecule has 0 radical (unpaired) electrons. The summed E-state index contributed by atoms with van der Waals surface area (Å²) in [7, 11) is 3.00. The summed E-state index contributed by atoms with van der Waals surface area (Å²) in [5.74, 6) is -0.520. The van der Waals surface area contributed by atoms with Crippen molar-refractivity contribution in [2.24, 2.45) is 0 Å². The van der Waals surface area contributed by atoms with Crippen molar-refractivity contribution in [2.45, 2.75) is 38.6 Å². The molecule has 0 aliphatic rings. The Labute approximate surface area is 157 Å². The van der Waals surface area contributed by atoms with Gasteiger partial charge < -0.3 is 19.9 Å². The lowest BCUT2D eigenvalue weighted by molar-refractivity contribution is -0.137. The van der Waals surface area contributed by atoms with Gasteiger partial charge in [0.15, 0.2) is 11.5 Å². The topological polar surface area (TPSA) is 114 Å². The molecule has 1 atom stereocenters. The Kier molecular flexibility index (Phi) is 6.09. The van der Waals surface area contributed by atoms with Gasteiger partial charge in [-0.2, -0.15) is 5.10 Å². The van der Waals surface area contributed by atoms with Crippen molar-refractivity contribution in [1.82, 2.24) is 15.5 Å². The Morgan fingerprint density at radius 3 is 2.37 bits per heavy atom. The van der Waals surface area contributed by atoms with Crippen LogP contribution in [0.1, 0.15) is 55.0 Å². The highest BCUT2D eigenvalue weighted by molar-refractivity contribution is 5.93. The second kappa shape index (κ2) is 8.11. The number of aliphatic carboxylic acids is 1. The van der Waals surface area contributed by atoms with E-state index in [2.05, 4.69) is 15.5 Å². The van der Waals surface area contributed by atoms with Gasteiger partial charge in [0.2, 0.25) is 0 Å². The minimum Gasteiger partial charge on any atom is -0.493 e. The molecular formula is C19H25N3O5. The van der Waals surface area contributed by atoms with E-state index in [4.69, 9.17) is 9.47 Å². The second-order valence-corrected chi connectivity index (χ2v) is 7.16. The summed E-state index contributed by atoms with van der Waals surface area (Å²) in [5.41, 5.74) is 1.43. The number of nitrogens with one attached hydrogen (secondary N) is 2. The Bertz CT molecular complexity index is 823. The maximum absolute atomic E-state index is 12.6. The van der Waals surface area contributed by atoms with E-state index >= 15 is 0 Å². The number of methoxy groups -OCH3 is 2. The molecule has 3 N–H and O–H groups in total. The van der Waals surface area contributed by atoms with E-state index in [1.54, 1.807) is 24.3 Å². The molecule has 0 saturated heterocycles. The molecule has 1 amide bonds. The number of benzene rings is 1. The molecule has 2 rings (SSSR count). The molecule has 0 bridgehead atoms. The minimum atomic E-state index is -1.03. The molecule has 0 fully saturated rings. The fourth-order valence-electron chi connectivity index (χ4n) is 2.55. The van der Waals surface area contributed by atoms with Crippen LogP contribution in [0.4, 0.5) is 0 Å². The van der Waals surface area contributed by atoms with E-state index in [1.165, 1.54) is 14.2 Å². The van der Waals surface area contributed by atoms with Crippen LogP contribution in [-0.4, -0.2) is 41.4 Å². The third kappa shape index (κ3) is 4.99. The fraction of sp³-hybridized carbons (Fsp3) is 0.421. The van der Waals surface area contributed by atoms with Gasteiger partial charge in [-0.15, -0.1) is 0 Å². The van der Waals surface area contributed by atoms with Crippen LogP contribution in [-0.2, 0) is 10.2 Å². The van der Waals surface area contributed by atoms with E-state index in [9.17, 15) is 14.7 Å². The molecule has 1 aromatic carbocycles. The quantitative estimate of drug-likeness (QED) is 0.686. The highest BCUT2D eigenvalue weighted by Crippen LogP contribution is 2.31. The van der Waals surface area contributed by atoms with E-state index in [0.29, 0.717) is 17.1 Å². The number of carbonyl (C=O) groups excluding carboxylic acids is 1. The molecule has 8 heteroatoms. The van der Waals surface area contributed by atoms with Gasteiger partial charge in [0, 0.05) is 11.1 Å². The lowest BCUT2D eigenvalue weighted by atomic mass is 9.92. The van der Waals surface area contributed by atoms with Gasteiger partial charge in [-0.3, -0.25) is 14.7 Å². The smallest absolute Gasteiger partial charge is 0.305 e. The predicted molar refractivity (Wildman–Crippen MR) is 99.3 cm³/mol. The number of aromatic nitrogens is 2. The van der Waals surface area contributed by atoms with Gasteiger partial charge >= 0.3 is 5.97 Å². The normalized spacial score (nSPS) is 12.3. The number of carbonyl (C=O) groups is 2. The van der Waals surface area contributed by atoms with Gasteiger partial charge in [-0.25, -0.2) is 0 Å². The Balaban J connectivity index is 2.28. The van der Waals surface area contributed by atoms with Gasteiger partial charge in [0.05, 0.1) is 26.7 Å². The van der Waals surface area contributed by atoms with Gasteiger partial charge in [0.25, 0.3) is 5.91 Å². The third-order valence-electron chi connectivity index (χ3n) is 4.11. The average Bonchev–Trinajstić information content (AvgIpc) is 3.10. The predicted octanol–water partition coefficient (Wildman–Crippen LogP) is 2.67. The van der Waals surface area contributed by atoms with Crippen LogP contribution in [0.5, 0.6) is 11.5 Å². The number of H-pyrrole nitrogens is 1. The van der Waals surface area contributed by atoms with Crippen LogP contribution in [0.3, 0.4) is 0 Å². The lowest BCUT2D eigenvalue weighted by Crippen LogP contribution is -2.30. The monoisotopic (exact) mass is 375 g/mol. The van der Waals surface area contributed by atoms with Crippen LogP contribution in [0.15, 0.2) is 24.3 Å². The van der Waals surface area contributed by atoms with Crippen molar-refractivity contribution in [3.05, 3.63) is 41.2 Å². The molecule has 8 nitrogen and oxygen atoms in total. The molecule has 0 aliphatic carbocycles. The second-order valence-electron chi connectivity index (χ2n) is 7.16. The lowest BCUT2D eigenvalue weighted by Gasteiger charge is -2.18. The summed E-state index contributed by atoms with van der Waals surface area (Å²) in [5, 5.41) is 18.9. The van der Waals surface area contributed by atoms with Crippen molar-refractivity contribution in [3.63, 3.8) is 0 Å². The Morgan fingerprint density at radius 1 is 1.19 bits per heavy atom. The number of hydrogen-bond acceptors (Lipinski definition) is 5. The maximum Gasteiger partial charge on any atom is 0.305 e. The zero-order valence-electron chi connectivity index (χ0n) is 16.1. The summed E-state index contributed by atoms with van der Waals surface area (Å²) in [6.45, 7) is 6.00. The minimum absolute atomic E-state index is 0.185. The molecule has 0 spiro atoms. The van der Waals surface area contributed by atoms with Crippen LogP contribution in [0.2, 0.25) is 0 Å². The van der Waals surface area contributed by atoms with Crippen molar-refractivity contribution in [2.75, 3.05) is 14.2 Å². The molecule has 1 heterocycles. The number of aromatic amines is 1. The van der Waals surface area contributed by atoms with Crippen molar-refractivity contribution >= 4 is 11.9 Å². The first kappa shape index (κ1) is 20.3. The molecule has 27 heavy (non-hydrogen) atoms. The van der Waals surface area contributed by atoms with Crippen molar-refractivity contribution < 1.29 is 24.2 Å². The highest BCUT2D eigenvalue weighted by atomic mass is 16.5. The SMILES string of the molecule is COc1ccc([C@@H](CC(=O)O)NC(=O)c2cc(C(C)(C)C)[nH]n2)cc1OC. The molecule has 0 aliphatic heterocycles. The standard InChI is InChI=1S/C19H25N3O5/c1-19(2,3)16-9-13(21-22-16)18(25)20-12(10-17(23)24)11-6-7-14(26-4)15(8-11)27-5/h6-9,12H,10H2,1-5H3,(H,20,25)(H,21,22)(H,23,24)/t12-/m1/s1. The van der Waals surface area contributed by atoms with Crippen LogP contribution in [0, 0.1) is 0 Å². The number of ether oxygens (including phenoxy) is 2. The van der Waals surface area contributed by atoms with Gasteiger partial charge in [-0.1, -0.05) is 26.8 Å². The first-order valence-corrected chi connectivity index (χ1v) is 8.46. The van der Waals surface area contributed by atoms with Crippen LogP contribution in [0.25, 0.3) is 0 Å². The number of hydrogen-bond donors (Lipinski definition) is 3. The van der Waals surface area contributed by atoms with E-state index in [-0.39, 0.29) is 17.5 Å². The Hall–Kier alpha value is -3.03. The van der Waals surface area contributed by atoms with Crippen molar-refractivity contribution in [1.29, 1.82) is 0 Å². The zero-order chi connectivity index (χ0) is 20.2. The molecule has 1 aromatic heterocycles. The molecule has 0 unspecified atom stereocenters. The number of carboxylic acids is 1. The first-order valence-electron chi connectivity index (χ1n) is 8.46. The summed E-state index contributed by atoms with van der Waals surface area (Å²) in [6.07, 6.45) is -0.280. The summed E-state index contributed by atoms with van der Waals surface area (Å²) >= 11 is 0. The fourth-order valence-corrected chi connectivity index (χ4v) is 2.55. The number of amides is 1. The Morgan fingerprint density at radius 2 is 1.85 bits per heavy atom. The number of rotatable bonds is 7. The molecule has 146 valence electrons.